The largest absolute Gasteiger partial charge is 0.471 e. The summed E-state index contributed by atoms with van der Waals surface area (Å²) in [6.07, 6.45) is 2.33. The van der Waals surface area contributed by atoms with Gasteiger partial charge in [0, 0.05) is 11.4 Å². The van der Waals surface area contributed by atoms with Gasteiger partial charge in [-0.25, -0.2) is 14.4 Å². The van der Waals surface area contributed by atoms with E-state index >= 15 is 0 Å². The van der Waals surface area contributed by atoms with E-state index in [0.29, 0.717) is 36.2 Å². The molecule has 0 radical (unpaired) electrons. The third-order valence-electron chi connectivity index (χ3n) is 6.00. The smallest absolute Gasteiger partial charge is 0.416 e. The van der Waals surface area contributed by atoms with Crippen molar-refractivity contribution in [3.05, 3.63) is 77.6 Å². The highest BCUT2D eigenvalue weighted by molar-refractivity contribution is 6.09. The minimum absolute atomic E-state index is 0.00899. The molecule has 0 saturated heterocycles. The monoisotopic (exact) mass is 665 g/mol. The van der Waals surface area contributed by atoms with Crippen LogP contribution in [0.3, 0.4) is 0 Å². The second-order valence-electron chi connectivity index (χ2n) is 9.97. The van der Waals surface area contributed by atoms with Gasteiger partial charge in [-0.3, -0.25) is 20.0 Å². The molecule has 1 aromatic carbocycles. The molecule has 47 heavy (non-hydrogen) atoms. The number of likely N-dealkylation sites (N-methyl/N-ethyl adjacent to an activating group) is 1. The van der Waals surface area contributed by atoms with Crippen LogP contribution in [0.25, 0.3) is 0 Å². The number of methoxy groups -OCH3 is 2. The molecule has 0 aliphatic carbocycles. The highest BCUT2D eigenvalue weighted by Crippen LogP contribution is 2.34. The first kappa shape index (κ1) is 41.6. The lowest BCUT2D eigenvalue weighted by molar-refractivity contribution is -0.877. The number of primary amides is 1. The number of anilines is 1. The molecule has 0 atom stereocenters. The highest BCUT2D eigenvalue weighted by Gasteiger charge is 2.36. The van der Waals surface area contributed by atoms with E-state index in [1.54, 1.807) is 19.1 Å². The van der Waals surface area contributed by atoms with Gasteiger partial charge in [-0.05, 0) is 44.2 Å². The van der Waals surface area contributed by atoms with Gasteiger partial charge >= 0.3 is 24.1 Å². The average Bonchev–Trinajstić information content (AvgIpc) is 3.00. The first-order valence-electron chi connectivity index (χ1n) is 13.7. The van der Waals surface area contributed by atoms with Gasteiger partial charge in [-0.1, -0.05) is 24.8 Å². The van der Waals surface area contributed by atoms with Crippen molar-refractivity contribution < 1.29 is 51.0 Å². The molecule has 1 heterocycles. The average molecular weight is 666 g/mol. The number of nitriles is 1. The zero-order valence-corrected chi connectivity index (χ0v) is 27.1. The molecule has 0 bridgehead atoms. The fourth-order valence-electron chi connectivity index (χ4n) is 3.71. The maximum atomic E-state index is 13.0. The minimum Gasteiger partial charge on any atom is -0.471 e. The molecule has 256 valence electrons. The van der Waals surface area contributed by atoms with Gasteiger partial charge in [-0.15, -0.1) is 0 Å². The number of guanidine groups is 1. The summed E-state index contributed by atoms with van der Waals surface area (Å²) in [6, 6.07) is 5.18. The summed E-state index contributed by atoms with van der Waals surface area (Å²) >= 11 is 0. The Balaban J connectivity index is 0.000000845. The molecular formula is C31H40F3N6O7+. The van der Waals surface area contributed by atoms with Crippen molar-refractivity contribution in [1.82, 2.24) is 4.90 Å². The third kappa shape index (κ3) is 14.0. The van der Waals surface area contributed by atoms with Crippen LogP contribution in [0.4, 0.5) is 23.7 Å². The van der Waals surface area contributed by atoms with Gasteiger partial charge in [0.25, 0.3) is 6.47 Å². The molecular weight excluding hydrogens is 625 g/mol. The van der Waals surface area contributed by atoms with Crippen molar-refractivity contribution in [2.45, 2.75) is 20.0 Å². The van der Waals surface area contributed by atoms with Crippen LogP contribution in [-0.4, -0.2) is 94.3 Å². The summed E-state index contributed by atoms with van der Waals surface area (Å²) in [5, 5.41) is 16.8. The third-order valence-corrected chi connectivity index (χ3v) is 6.00. The number of rotatable bonds is 10. The van der Waals surface area contributed by atoms with Crippen molar-refractivity contribution in [3.63, 3.8) is 0 Å². The van der Waals surface area contributed by atoms with Gasteiger partial charge in [0.15, 0.2) is 6.54 Å². The number of esters is 2. The molecule has 0 saturated carbocycles. The van der Waals surface area contributed by atoms with Crippen molar-refractivity contribution in [3.8, 4) is 6.07 Å². The molecule has 1 aliphatic heterocycles. The van der Waals surface area contributed by atoms with Gasteiger partial charge in [0.2, 0.25) is 5.96 Å². The lowest BCUT2D eigenvalue weighted by Gasteiger charge is -2.37. The van der Waals surface area contributed by atoms with E-state index in [1.165, 1.54) is 32.2 Å². The molecule has 0 spiro atoms. The number of quaternary nitrogens is 1. The molecule has 0 fully saturated rings. The second-order valence-corrected chi connectivity index (χ2v) is 9.97. The number of nitrogens with one attached hydrogen (secondary N) is 1. The quantitative estimate of drug-likeness (QED) is 0.0938. The van der Waals surface area contributed by atoms with E-state index in [9.17, 15) is 27.6 Å². The summed E-state index contributed by atoms with van der Waals surface area (Å²) < 4.78 is 52.8. The zero-order valence-electron chi connectivity index (χ0n) is 27.1. The van der Waals surface area contributed by atoms with Gasteiger partial charge in [0.1, 0.15) is 0 Å². The number of nitrogens with two attached hydrogens (primary N) is 1. The number of hydrogen-bond acceptors (Lipinski definition) is 9. The summed E-state index contributed by atoms with van der Waals surface area (Å²) in [5.41, 5.74) is 4.94. The maximum absolute atomic E-state index is 13.0. The van der Waals surface area contributed by atoms with E-state index in [2.05, 4.69) is 16.1 Å². The van der Waals surface area contributed by atoms with Crippen molar-refractivity contribution in [1.29, 1.82) is 10.7 Å². The Morgan fingerprint density at radius 3 is 2.32 bits per heavy atom. The highest BCUT2D eigenvalue weighted by atomic mass is 19.4. The SMILES string of the molecule is C=C/C(C#N)=C\C=C/C[N+](C)(C)CC(=O)OCC.COC(=O)C1=C(C)N(c2cccc(C(F)(F)F)c2)C(=N)N(C(N)=O)C1.COC=O. The van der Waals surface area contributed by atoms with Gasteiger partial charge < -0.3 is 24.4 Å². The van der Waals surface area contributed by atoms with E-state index in [1.807, 2.05) is 26.2 Å². The molecule has 2 amide bonds. The van der Waals surface area contributed by atoms with Crippen LogP contribution >= 0.6 is 0 Å². The number of carbonyl (C=O) groups excluding carboxylic acids is 4. The molecule has 0 unspecified atom stereocenters. The number of amides is 2. The van der Waals surface area contributed by atoms with Crippen molar-refractivity contribution in [2.75, 3.05) is 59.5 Å². The van der Waals surface area contributed by atoms with Crippen LogP contribution in [0.5, 0.6) is 0 Å². The Labute approximate surface area is 271 Å². The van der Waals surface area contributed by atoms with Gasteiger partial charge in [0.05, 0.1) is 70.8 Å². The molecule has 13 nitrogen and oxygen atoms in total. The molecule has 2 rings (SSSR count). The van der Waals surface area contributed by atoms with Crippen LogP contribution < -0.4 is 10.6 Å². The Kier molecular flexibility index (Phi) is 17.6. The standard InChI is InChI=1S/C15H15F3N4O3.C14H21N2O2.C2H4O2/c1-8-11(12(23)25-2)7-21(14(20)24)13(19)22(8)10-5-3-4-9(6-10)15(16,17)18;1-5-13(11-15)9-7-8-10-16(3,4)12-14(17)18-6-2;1-4-2-3/h3-6,19H,7H2,1-2H3,(H2,20,24);5,7-9H,1,6,10,12H2,2-4H3;2H,1H3/q;+1;/b;8-7-,13-9+;. The number of carbonyl (C=O) groups is 4. The normalized spacial score (nSPS) is 13.4. The molecule has 1 aliphatic rings. The zero-order chi connectivity index (χ0) is 36.4. The Morgan fingerprint density at radius 1 is 1.23 bits per heavy atom. The van der Waals surface area contributed by atoms with Crippen LogP contribution in [0.1, 0.15) is 19.4 Å². The van der Waals surface area contributed by atoms with Crippen LogP contribution in [0, 0.1) is 16.7 Å². The molecule has 3 N–H and O–H groups in total. The number of hydrogen-bond donors (Lipinski definition) is 2. The van der Waals surface area contributed by atoms with E-state index in [0.717, 1.165) is 29.0 Å². The molecule has 16 heteroatoms. The molecule has 0 aromatic heterocycles. The number of halogens is 3. The fraction of sp³-hybridized carbons (Fsp3) is 0.355. The number of urea groups is 1. The first-order chi connectivity index (χ1) is 21.9. The Bertz CT molecular complexity index is 1430. The minimum atomic E-state index is -4.58. The van der Waals surface area contributed by atoms with E-state index in [-0.39, 0.29) is 29.5 Å². The summed E-state index contributed by atoms with van der Waals surface area (Å²) in [6.45, 7) is 8.26. The Morgan fingerprint density at radius 2 is 1.85 bits per heavy atom. The first-order valence-corrected chi connectivity index (χ1v) is 13.7. The maximum Gasteiger partial charge on any atom is 0.416 e. The van der Waals surface area contributed by atoms with Crippen molar-refractivity contribution >= 4 is 36.1 Å². The van der Waals surface area contributed by atoms with Crippen LogP contribution in [0.15, 0.2) is 72.0 Å². The van der Waals surface area contributed by atoms with Gasteiger partial charge in [-0.2, -0.15) is 18.4 Å². The number of ether oxygens (including phenoxy) is 3. The summed E-state index contributed by atoms with van der Waals surface area (Å²) in [5.74, 6) is -1.43. The van der Waals surface area contributed by atoms with Crippen molar-refractivity contribution in [2.24, 2.45) is 5.73 Å². The van der Waals surface area contributed by atoms with Crippen LogP contribution in [0.2, 0.25) is 0 Å². The lowest BCUT2D eigenvalue weighted by atomic mass is 10.1. The summed E-state index contributed by atoms with van der Waals surface area (Å²) in [7, 11) is 6.34. The fourth-order valence-corrected chi connectivity index (χ4v) is 3.71. The van der Waals surface area contributed by atoms with E-state index < -0.39 is 29.7 Å². The number of nitrogens with zero attached hydrogens (tertiary/aromatic N) is 4. The topological polar surface area (TPSA) is 176 Å². The lowest BCUT2D eigenvalue weighted by Crippen LogP contribution is -2.54. The van der Waals surface area contributed by atoms with Crippen LogP contribution in [-0.2, 0) is 34.8 Å². The molecule has 1 aromatic rings. The number of allylic oxidation sites excluding steroid dienone is 5. The number of alkyl halides is 3. The predicted molar refractivity (Wildman–Crippen MR) is 167 cm³/mol. The predicted octanol–water partition coefficient (Wildman–Crippen LogP) is 3.90. The number of benzene rings is 1. The second kappa shape index (κ2) is 19.9. The summed E-state index contributed by atoms with van der Waals surface area (Å²) in [4.78, 5) is 45.6. The van der Waals surface area contributed by atoms with E-state index in [4.69, 9.17) is 25.9 Å². The Hall–Kier alpha value is -5.43.